The van der Waals surface area contributed by atoms with Gasteiger partial charge in [-0.25, -0.2) is 0 Å². The second kappa shape index (κ2) is 9.34. The summed E-state index contributed by atoms with van der Waals surface area (Å²) in [7, 11) is 0. The molecule has 0 saturated carbocycles. The highest BCUT2D eigenvalue weighted by Crippen LogP contribution is 2.11. The second-order valence-corrected chi connectivity index (χ2v) is 5.22. The first-order valence-corrected chi connectivity index (χ1v) is 7.69. The van der Waals surface area contributed by atoms with Gasteiger partial charge in [0.1, 0.15) is 5.75 Å². The molecule has 5 heteroatoms. The first-order chi connectivity index (χ1) is 10.1. The normalized spacial score (nSPS) is 13.5. The van der Waals surface area contributed by atoms with Crippen molar-refractivity contribution in [3.8, 4) is 5.75 Å². The van der Waals surface area contributed by atoms with Gasteiger partial charge in [0.2, 0.25) is 0 Å². The average Bonchev–Trinajstić information content (AvgIpc) is 2.46. The van der Waals surface area contributed by atoms with E-state index >= 15 is 0 Å². The molecule has 1 amide bonds. The third-order valence-electron chi connectivity index (χ3n) is 3.15. The lowest BCUT2D eigenvalue weighted by Crippen LogP contribution is -2.41. The number of amides is 1. The lowest BCUT2D eigenvalue weighted by atomic mass is 10.2. The van der Waals surface area contributed by atoms with Crippen LogP contribution in [-0.4, -0.2) is 29.6 Å². The van der Waals surface area contributed by atoms with E-state index in [1.807, 2.05) is 19.1 Å². The van der Waals surface area contributed by atoms with E-state index in [-0.39, 0.29) is 11.9 Å². The number of nitrogens with one attached hydrogen (secondary N) is 2. The van der Waals surface area contributed by atoms with Crippen LogP contribution in [0.15, 0.2) is 18.3 Å². The second-order valence-electron chi connectivity index (χ2n) is 5.22. The minimum Gasteiger partial charge on any atom is -0.479 e. The van der Waals surface area contributed by atoms with Crippen LogP contribution in [0.4, 0.5) is 0 Å². The average molecular weight is 293 g/mol. The summed E-state index contributed by atoms with van der Waals surface area (Å²) in [6.07, 6.45) is 3.16. The predicted octanol–water partition coefficient (Wildman–Crippen LogP) is 2.26. The molecule has 5 nitrogen and oxygen atoms in total. The zero-order valence-electron chi connectivity index (χ0n) is 13.5. The van der Waals surface area contributed by atoms with E-state index in [0.717, 1.165) is 31.6 Å². The van der Waals surface area contributed by atoms with Crippen LogP contribution < -0.4 is 15.4 Å². The Bertz CT molecular complexity index is 420. The fraction of sp³-hybridized carbons (Fsp3) is 0.625. The number of carbonyl (C=O) groups is 1. The SMILES string of the molecule is CCCC(C)NC(=O)C(C)Oc1ccc(CNCC)nc1. The van der Waals surface area contributed by atoms with Crippen molar-refractivity contribution >= 4 is 5.91 Å². The van der Waals surface area contributed by atoms with Crippen molar-refractivity contribution in [3.05, 3.63) is 24.0 Å². The van der Waals surface area contributed by atoms with Gasteiger partial charge in [0.05, 0.1) is 11.9 Å². The molecule has 1 rings (SSSR count). The van der Waals surface area contributed by atoms with E-state index in [2.05, 4.69) is 29.5 Å². The van der Waals surface area contributed by atoms with Crippen molar-refractivity contribution in [3.63, 3.8) is 0 Å². The highest BCUT2D eigenvalue weighted by Gasteiger charge is 2.16. The molecule has 0 bridgehead atoms. The monoisotopic (exact) mass is 293 g/mol. The number of ether oxygens (including phenoxy) is 1. The molecule has 0 aromatic carbocycles. The first kappa shape index (κ1) is 17.4. The van der Waals surface area contributed by atoms with Gasteiger partial charge in [-0.3, -0.25) is 9.78 Å². The molecule has 0 fully saturated rings. The zero-order valence-corrected chi connectivity index (χ0v) is 13.5. The lowest BCUT2D eigenvalue weighted by Gasteiger charge is -2.18. The highest BCUT2D eigenvalue weighted by molar-refractivity contribution is 5.80. The van der Waals surface area contributed by atoms with E-state index in [1.54, 1.807) is 13.1 Å². The van der Waals surface area contributed by atoms with Gasteiger partial charge >= 0.3 is 0 Å². The molecule has 0 aliphatic carbocycles. The summed E-state index contributed by atoms with van der Waals surface area (Å²) in [5.74, 6) is 0.522. The smallest absolute Gasteiger partial charge is 0.260 e. The summed E-state index contributed by atoms with van der Waals surface area (Å²) in [4.78, 5) is 16.3. The van der Waals surface area contributed by atoms with Gasteiger partial charge in [-0.1, -0.05) is 20.3 Å². The molecule has 1 aromatic heterocycles. The molecule has 0 aliphatic heterocycles. The summed E-state index contributed by atoms with van der Waals surface area (Å²) in [5, 5.41) is 6.15. The van der Waals surface area contributed by atoms with E-state index in [1.165, 1.54) is 0 Å². The van der Waals surface area contributed by atoms with Gasteiger partial charge in [0.15, 0.2) is 6.10 Å². The number of hydrogen-bond acceptors (Lipinski definition) is 4. The van der Waals surface area contributed by atoms with Crippen molar-refractivity contribution in [2.75, 3.05) is 6.54 Å². The van der Waals surface area contributed by atoms with Gasteiger partial charge in [-0.05, 0) is 38.9 Å². The van der Waals surface area contributed by atoms with Crippen LogP contribution in [0, 0.1) is 0 Å². The maximum atomic E-state index is 12.0. The lowest BCUT2D eigenvalue weighted by molar-refractivity contribution is -0.127. The third-order valence-corrected chi connectivity index (χ3v) is 3.15. The largest absolute Gasteiger partial charge is 0.479 e. The summed E-state index contributed by atoms with van der Waals surface area (Å²) in [6, 6.07) is 3.93. The van der Waals surface area contributed by atoms with Crippen molar-refractivity contribution in [2.45, 2.75) is 59.2 Å². The fourth-order valence-corrected chi connectivity index (χ4v) is 1.96. The fourth-order valence-electron chi connectivity index (χ4n) is 1.96. The van der Waals surface area contributed by atoms with Crippen LogP contribution in [0.5, 0.6) is 5.75 Å². The molecule has 0 radical (unpaired) electrons. The Morgan fingerprint density at radius 2 is 2.10 bits per heavy atom. The molecule has 0 aliphatic rings. The Morgan fingerprint density at radius 3 is 2.67 bits per heavy atom. The Labute approximate surface area is 127 Å². The molecular weight excluding hydrogens is 266 g/mol. The van der Waals surface area contributed by atoms with Crippen molar-refractivity contribution < 1.29 is 9.53 Å². The van der Waals surface area contributed by atoms with Gasteiger partial charge < -0.3 is 15.4 Å². The molecule has 1 aromatic rings. The number of rotatable bonds is 9. The molecule has 0 spiro atoms. The van der Waals surface area contributed by atoms with Gasteiger partial charge in [0.25, 0.3) is 5.91 Å². The minimum absolute atomic E-state index is 0.0901. The highest BCUT2D eigenvalue weighted by atomic mass is 16.5. The third kappa shape index (κ3) is 6.58. The standard InChI is InChI=1S/C16H27N3O2/c1-5-7-12(3)19-16(20)13(4)21-15-9-8-14(18-11-15)10-17-6-2/h8-9,11-13,17H,5-7,10H2,1-4H3,(H,19,20). The quantitative estimate of drug-likeness (QED) is 0.733. The van der Waals surface area contributed by atoms with Crippen LogP contribution in [0.25, 0.3) is 0 Å². The molecule has 21 heavy (non-hydrogen) atoms. The maximum absolute atomic E-state index is 12.0. The molecule has 118 valence electrons. The Morgan fingerprint density at radius 1 is 1.33 bits per heavy atom. The van der Waals surface area contributed by atoms with Crippen molar-refractivity contribution in [1.29, 1.82) is 0 Å². The van der Waals surface area contributed by atoms with E-state index < -0.39 is 6.10 Å². The van der Waals surface area contributed by atoms with Gasteiger partial charge in [-0.2, -0.15) is 0 Å². The van der Waals surface area contributed by atoms with Crippen LogP contribution in [0.2, 0.25) is 0 Å². The summed E-state index contributed by atoms with van der Waals surface area (Å²) >= 11 is 0. The number of hydrogen-bond donors (Lipinski definition) is 2. The number of carbonyl (C=O) groups excluding carboxylic acids is 1. The summed E-state index contributed by atoms with van der Waals surface area (Å²) in [6.45, 7) is 9.56. The Hall–Kier alpha value is -1.62. The number of aromatic nitrogens is 1. The molecule has 2 N–H and O–H groups in total. The van der Waals surface area contributed by atoms with Crippen LogP contribution in [0.3, 0.4) is 0 Å². The van der Waals surface area contributed by atoms with Crippen molar-refractivity contribution in [1.82, 2.24) is 15.6 Å². The molecule has 2 unspecified atom stereocenters. The van der Waals surface area contributed by atoms with Crippen LogP contribution >= 0.6 is 0 Å². The van der Waals surface area contributed by atoms with Gasteiger partial charge in [-0.15, -0.1) is 0 Å². The number of nitrogens with zero attached hydrogens (tertiary/aromatic N) is 1. The van der Waals surface area contributed by atoms with E-state index in [9.17, 15) is 4.79 Å². The maximum Gasteiger partial charge on any atom is 0.260 e. The first-order valence-electron chi connectivity index (χ1n) is 7.69. The predicted molar refractivity (Wildman–Crippen MR) is 84.2 cm³/mol. The molecule has 1 heterocycles. The zero-order chi connectivity index (χ0) is 15.7. The van der Waals surface area contributed by atoms with Crippen molar-refractivity contribution in [2.24, 2.45) is 0 Å². The van der Waals surface area contributed by atoms with E-state index in [4.69, 9.17) is 4.74 Å². The molecule has 0 saturated heterocycles. The molecular formula is C16H27N3O2. The number of pyridine rings is 1. The topological polar surface area (TPSA) is 63.2 Å². The Kier molecular flexibility index (Phi) is 7.75. The van der Waals surface area contributed by atoms with Gasteiger partial charge in [0, 0.05) is 12.6 Å². The minimum atomic E-state index is -0.522. The van der Waals surface area contributed by atoms with E-state index in [0.29, 0.717) is 5.75 Å². The van der Waals surface area contributed by atoms with Crippen LogP contribution in [0.1, 0.15) is 46.2 Å². The van der Waals surface area contributed by atoms with Crippen LogP contribution in [-0.2, 0) is 11.3 Å². The Balaban J connectivity index is 2.46. The molecule has 2 atom stereocenters. The summed E-state index contributed by atoms with van der Waals surface area (Å²) in [5.41, 5.74) is 0.956. The summed E-state index contributed by atoms with van der Waals surface area (Å²) < 4.78 is 5.62.